The number of rotatable bonds is 2. The van der Waals surface area contributed by atoms with Crippen molar-refractivity contribution in [3.8, 4) is 0 Å². The second-order valence-corrected chi connectivity index (χ2v) is 8.02. The summed E-state index contributed by atoms with van der Waals surface area (Å²) in [6.07, 6.45) is -4.69. The van der Waals surface area contributed by atoms with Crippen LogP contribution >= 0.6 is 0 Å². The normalized spacial score (nSPS) is 34.2. The summed E-state index contributed by atoms with van der Waals surface area (Å²) in [4.78, 5) is 4.17. The number of pyridine rings is 1. The molecule has 0 atom stereocenters. The van der Waals surface area contributed by atoms with E-state index in [1.165, 1.54) is 6.07 Å². The van der Waals surface area contributed by atoms with E-state index in [2.05, 4.69) is 10.3 Å². The molecule has 0 unspecified atom stereocenters. The van der Waals surface area contributed by atoms with Gasteiger partial charge in [-0.05, 0) is 25.3 Å². The van der Waals surface area contributed by atoms with Crippen LogP contribution in [-0.4, -0.2) is 17.7 Å². The Kier molecular flexibility index (Phi) is 2.51. The zero-order chi connectivity index (χ0) is 16.9. The van der Waals surface area contributed by atoms with Gasteiger partial charge in [-0.2, -0.15) is 13.2 Å². The molecule has 5 rings (SSSR count). The van der Waals surface area contributed by atoms with Gasteiger partial charge in [0.15, 0.2) is 0 Å². The molecular weight excluding hydrogens is 315 g/mol. The van der Waals surface area contributed by atoms with Crippen molar-refractivity contribution in [2.24, 2.45) is 10.8 Å². The van der Waals surface area contributed by atoms with E-state index in [1.807, 2.05) is 13.8 Å². The van der Waals surface area contributed by atoms with Gasteiger partial charge in [0.1, 0.15) is 0 Å². The molecule has 126 valence electrons. The second kappa shape index (κ2) is 3.81. The molecule has 4 aliphatic rings. The number of nitrogens with one attached hydrogen (secondary N) is 1. The molecule has 2 heterocycles. The van der Waals surface area contributed by atoms with E-state index >= 15 is 0 Å². The van der Waals surface area contributed by atoms with Gasteiger partial charge in [0.2, 0.25) is 0 Å². The Morgan fingerprint density at radius 3 is 2.22 bits per heavy atom. The first-order valence-corrected chi connectivity index (χ1v) is 7.62. The highest BCUT2D eigenvalue weighted by molar-refractivity contribution is 5.58. The van der Waals surface area contributed by atoms with E-state index < -0.39 is 42.2 Å². The lowest BCUT2D eigenvalue weighted by molar-refractivity contribution is -0.411. The fourth-order valence-electron chi connectivity index (χ4n) is 4.44. The van der Waals surface area contributed by atoms with E-state index in [1.54, 1.807) is 0 Å². The van der Waals surface area contributed by atoms with Gasteiger partial charge in [0, 0.05) is 29.1 Å². The van der Waals surface area contributed by atoms with Crippen molar-refractivity contribution in [3.05, 3.63) is 23.5 Å². The van der Waals surface area contributed by atoms with E-state index in [-0.39, 0.29) is 11.0 Å². The number of halogens is 5. The first kappa shape index (κ1) is 15.1. The number of alkyl halides is 5. The van der Waals surface area contributed by atoms with E-state index in [0.717, 1.165) is 11.9 Å². The summed E-state index contributed by atoms with van der Waals surface area (Å²) in [7, 11) is 0. The van der Waals surface area contributed by atoms with Crippen LogP contribution in [0.1, 0.15) is 44.4 Å². The van der Waals surface area contributed by atoms with Crippen LogP contribution in [0, 0.1) is 10.8 Å². The van der Waals surface area contributed by atoms with Crippen molar-refractivity contribution < 1.29 is 22.0 Å². The Labute approximate surface area is 130 Å². The Bertz CT molecular complexity index is 672. The van der Waals surface area contributed by atoms with Crippen molar-refractivity contribution in [1.29, 1.82) is 0 Å². The summed E-state index contributed by atoms with van der Waals surface area (Å²) in [5.74, 6) is -3.28. The molecule has 3 aliphatic carbocycles. The first-order valence-electron chi connectivity index (χ1n) is 7.62. The Hall–Kier alpha value is -1.40. The smallest absolute Gasteiger partial charge is 0.383 e. The molecule has 0 aromatic carbocycles. The second-order valence-electron chi connectivity index (χ2n) is 8.02. The van der Waals surface area contributed by atoms with Crippen LogP contribution in [0.25, 0.3) is 0 Å². The third-order valence-corrected chi connectivity index (χ3v) is 5.91. The van der Waals surface area contributed by atoms with Crippen LogP contribution in [0.15, 0.2) is 12.3 Å². The number of anilines is 1. The Balaban J connectivity index is 1.63. The van der Waals surface area contributed by atoms with Crippen LogP contribution in [0.2, 0.25) is 0 Å². The molecule has 2 bridgehead atoms. The summed E-state index contributed by atoms with van der Waals surface area (Å²) in [5, 5.41) is 3.06. The molecule has 0 radical (unpaired) electrons. The van der Waals surface area contributed by atoms with E-state index in [0.29, 0.717) is 12.2 Å². The lowest BCUT2D eigenvalue weighted by Crippen LogP contribution is -2.73. The number of fused-ring (bicyclic) bond motifs is 1. The van der Waals surface area contributed by atoms with Crippen LogP contribution in [0.3, 0.4) is 0 Å². The minimum absolute atomic E-state index is 0.236. The van der Waals surface area contributed by atoms with E-state index in [9.17, 15) is 22.0 Å². The molecule has 0 spiro atoms. The number of hydrogen-bond acceptors (Lipinski definition) is 2. The fraction of sp³-hybridized carbons (Fsp3) is 0.688. The van der Waals surface area contributed by atoms with Crippen molar-refractivity contribution in [2.45, 2.75) is 50.6 Å². The molecule has 3 saturated carbocycles. The van der Waals surface area contributed by atoms with Crippen molar-refractivity contribution in [3.63, 3.8) is 0 Å². The summed E-state index contributed by atoms with van der Waals surface area (Å²) in [6.45, 7) is 4.53. The van der Waals surface area contributed by atoms with Gasteiger partial charge in [-0.25, -0.2) is 8.78 Å². The monoisotopic (exact) mass is 332 g/mol. The van der Waals surface area contributed by atoms with Gasteiger partial charge in [-0.1, -0.05) is 13.8 Å². The van der Waals surface area contributed by atoms with Gasteiger partial charge < -0.3 is 5.32 Å². The lowest BCUT2D eigenvalue weighted by atomic mass is 9.32. The predicted octanol–water partition coefficient (Wildman–Crippen LogP) is 4.61. The molecule has 1 N–H and O–H groups in total. The molecule has 0 saturated heterocycles. The molecule has 1 aromatic heterocycles. The first-order chi connectivity index (χ1) is 10.4. The van der Waals surface area contributed by atoms with Crippen LogP contribution in [-0.2, 0) is 11.3 Å². The Morgan fingerprint density at radius 2 is 1.65 bits per heavy atom. The highest BCUT2D eigenvalue weighted by Gasteiger charge is 2.85. The maximum atomic E-state index is 14.8. The third-order valence-electron chi connectivity index (χ3n) is 5.91. The summed E-state index contributed by atoms with van der Waals surface area (Å²) in [5.41, 5.74) is -2.66. The highest BCUT2D eigenvalue weighted by atomic mass is 19.4. The fourth-order valence-corrected chi connectivity index (χ4v) is 4.44. The highest BCUT2D eigenvalue weighted by Crippen LogP contribution is 2.83. The number of aromatic nitrogens is 1. The van der Waals surface area contributed by atoms with Crippen molar-refractivity contribution >= 4 is 5.69 Å². The van der Waals surface area contributed by atoms with Crippen molar-refractivity contribution in [1.82, 2.24) is 4.98 Å². The molecule has 2 nitrogen and oxygen atoms in total. The third kappa shape index (κ3) is 1.66. The minimum atomic E-state index is -4.38. The maximum absolute atomic E-state index is 14.8. The van der Waals surface area contributed by atoms with Crippen LogP contribution < -0.4 is 5.32 Å². The molecule has 0 amide bonds. The van der Waals surface area contributed by atoms with Crippen molar-refractivity contribution in [2.75, 3.05) is 11.9 Å². The molecule has 1 aromatic rings. The average molecular weight is 332 g/mol. The lowest BCUT2D eigenvalue weighted by Gasteiger charge is -2.72. The molecule has 1 aliphatic heterocycles. The van der Waals surface area contributed by atoms with Crippen LogP contribution in [0.5, 0.6) is 0 Å². The molecular formula is C16H17F5N2. The SMILES string of the molecule is CC1(C)CNc2cc(C(F)(F)C34CC(C(F)(F)F)(C3)C4)cnc21. The molecule has 3 fully saturated rings. The van der Waals surface area contributed by atoms with Gasteiger partial charge in [0.05, 0.1) is 16.8 Å². The van der Waals surface area contributed by atoms with Gasteiger partial charge in [-0.15, -0.1) is 0 Å². The average Bonchev–Trinajstić information content (AvgIpc) is 2.59. The summed E-state index contributed by atoms with van der Waals surface area (Å²) in [6, 6.07) is 1.36. The number of hydrogen-bond donors (Lipinski definition) is 1. The topological polar surface area (TPSA) is 24.9 Å². The van der Waals surface area contributed by atoms with E-state index in [4.69, 9.17) is 0 Å². The van der Waals surface area contributed by atoms with Crippen LogP contribution in [0.4, 0.5) is 27.6 Å². The molecule has 23 heavy (non-hydrogen) atoms. The number of nitrogens with zero attached hydrogens (tertiary/aromatic N) is 1. The zero-order valence-electron chi connectivity index (χ0n) is 12.8. The quantitative estimate of drug-likeness (QED) is 0.800. The molecule has 7 heteroatoms. The zero-order valence-corrected chi connectivity index (χ0v) is 12.8. The maximum Gasteiger partial charge on any atom is 0.394 e. The summed E-state index contributed by atoms with van der Waals surface area (Å²) < 4.78 is 68.3. The largest absolute Gasteiger partial charge is 0.394 e. The van der Waals surface area contributed by atoms with Gasteiger partial charge in [0.25, 0.3) is 5.92 Å². The van der Waals surface area contributed by atoms with Gasteiger partial charge in [-0.3, -0.25) is 4.98 Å². The standard InChI is InChI=1S/C16H17F5N2/c1-12(2)8-23-10-3-9(4-22-11(10)12)15(17,18)13-5-14(6-13,7-13)16(19,20)21/h3-4,23H,5-8H2,1-2H3. The minimum Gasteiger partial charge on any atom is -0.383 e. The van der Waals surface area contributed by atoms with Gasteiger partial charge >= 0.3 is 6.18 Å². The predicted molar refractivity (Wildman–Crippen MR) is 74.4 cm³/mol. The Morgan fingerprint density at radius 1 is 1.04 bits per heavy atom. The summed E-state index contributed by atoms with van der Waals surface area (Å²) >= 11 is 0.